The molecule has 0 fully saturated rings. The van der Waals surface area contributed by atoms with Gasteiger partial charge in [0, 0.05) is 59.3 Å². The highest BCUT2D eigenvalue weighted by Gasteiger charge is 2.19. The standard InChI is InChI=1S/C56H36N2S/c1-2-14-40(15-3-1)58-53-23-10-8-19-48(53)50-22-12-21-45(56(50)58)37-25-29-41(30-26-37)57(43-33-34-55-52(36-43)49-20-9-11-24-54(49)59-55)42-31-27-38(28-32-42)51-35-39-13-4-5-16-44(39)46-17-6-7-18-47(46)51/h1-36H. The van der Waals surface area contributed by atoms with E-state index >= 15 is 0 Å². The van der Waals surface area contributed by atoms with Crippen LogP contribution in [0.4, 0.5) is 17.1 Å². The molecule has 10 aromatic carbocycles. The number of aromatic nitrogens is 1. The van der Waals surface area contributed by atoms with Crippen molar-refractivity contribution in [2.24, 2.45) is 0 Å². The van der Waals surface area contributed by atoms with E-state index < -0.39 is 0 Å². The number of benzene rings is 10. The lowest BCUT2D eigenvalue weighted by atomic mass is 9.93. The molecule has 276 valence electrons. The molecule has 0 radical (unpaired) electrons. The predicted octanol–water partition coefficient (Wildman–Crippen LogP) is 16.3. The molecule has 0 aliphatic heterocycles. The van der Waals surface area contributed by atoms with E-state index in [4.69, 9.17) is 0 Å². The summed E-state index contributed by atoms with van der Waals surface area (Å²) in [7, 11) is 0. The van der Waals surface area contributed by atoms with Crippen molar-refractivity contribution in [3.63, 3.8) is 0 Å². The lowest BCUT2D eigenvalue weighted by molar-refractivity contribution is 1.18. The summed E-state index contributed by atoms with van der Waals surface area (Å²) in [6.45, 7) is 0. The third kappa shape index (κ3) is 5.47. The van der Waals surface area contributed by atoms with E-state index in [0.717, 1.165) is 22.7 Å². The fourth-order valence-corrected chi connectivity index (χ4v) is 10.4. The molecular formula is C56H36N2S. The van der Waals surface area contributed by atoms with Gasteiger partial charge in [-0.25, -0.2) is 0 Å². The van der Waals surface area contributed by atoms with Crippen LogP contribution in [0, 0.1) is 0 Å². The molecule has 0 saturated heterocycles. The van der Waals surface area contributed by atoms with Crippen LogP contribution in [0.25, 0.3) is 91.5 Å². The van der Waals surface area contributed by atoms with E-state index in [1.165, 1.54) is 85.8 Å². The molecular weight excluding hydrogens is 733 g/mol. The van der Waals surface area contributed by atoms with Crippen LogP contribution in [0.1, 0.15) is 0 Å². The Morgan fingerprint density at radius 2 is 0.915 bits per heavy atom. The van der Waals surface area contributed by atoms with Crippen LogP contribution in [0.15, 0.2) is 218 Å². The highest BCUT2D eigenvalue weighted by Crippen LogP contribution is 2.44. The van der Waals surface area contributed by atoms with Gasteiger partial charge in [0.05, 0.1) is 11.0 Å². The van der Waals surface area contributed by atoms with Gasteiger partial charge in [0.2, 0.25) is 0 Å². The van der Waals surface area contributed by atoms with Gasteiger partial charge in [-0.2, -0.15) is 0 Å². The smallest absolute Gasteiger partial charge is 0.0619 e. The number of hydrogen-bond donors (Lipinski definition) is 0. The van der Waals surface area contributed by atoms with Gasteiger partial charge in [-0.05, 0) is 111 Å². The van der Waals surface area contributed by atoms with Gasteiger partial charge in [0.15, 0.2) is 0 Å². The van der Waals surface area contributed by atoms with E-state index in [1.54, 1.807) is 0 Å². The fraction of sp³-hybridized carbons (Fsp3) is 0. The number of hydrogen-bond acceptors (Lipinski definition) is 2. The maximum atomic E-state index is 2.42. The van der Waals surface area contributed by atoms with E-state index in [9.17, 15) is 0 Å². The van der Waals surface area contributed by atoms with Crippen molar-refractivity contribution in [1.82, 2.24) is 4.57 Å². The molecule has 0 spiro atoms. The second kappa shape index (κ2) is 13.6. The Hall–Kier alpha value is -7.46. The van der Waals surface area contributed by atoms with Crippen molar-refractivity contribution in [2.45, 2.75) is 0 Å². The van der Waals surface area contributed by atoms with Crippen molar-refractivity contribution in [3.05, 3.63) is 218 Å². The minimum Gasteiger partial charge on any atom is -0.310 e. The monoisotopic (exact) mass is 768 g/mol. The maximum absolute atomic E-state index is 2.42. The Morgan fingerprint density at radius 3 is 1.69 bits per heavy atom. The Balaban J connectivity index is 1.01. The van der Waals surface area contributed by atoms with Crippen molar-refractivity contribution in [3.8, 4) is 27.9 Å². The highest BCUT2D eigenvalue weighted by molar-refractivity contribution is 7.25. The Labute approximate surface area is 346 Å². The zero-order chi connectivity index (χ0) is 38.9. The van der Waals surface area contributed by atoms with Crippen molar-refractivity contribution in [1.29, 1.82) is 0 Å². The number of anilines is 3. The first kappa shape index (κ1) is 33.7. The second-order valence-electron chi connectivity index (χ2n) is 15.3. The van der Waals surface area contributed by atoms with Crippen LogP contribution < -0.4 is 4.90 Å². The first-order chi connectivity index (χ1) is 29.3. The molecule has 0 saturated carbocycles. The zero-order valence-electron chi connectivity index (χ0n) is 32.1. The number of fused-ring (bicyclic) bond motifs is 9. The average molecular weight is 769 g/mol. The van der Waals surface area contributed by atoms with Gasteiger partial charge < -0.3 is 9.47 Å². The van der Waals surface area contributed by atoms with E-state index in [1.807, 2.05) is 11.3 Å². The van der Waals surface area contributed by atoms with Gasteiger partial charge in [-0.1, -0.05) is 146 Å². The molecule has 0 atom stereocenters. The van der Waals surface area contributed by atoms with Crippen molar-refractivity contribution >= 4 is 91.9 Å². The lowest BCUT2D eigenvalue weighted by Crippen LogP contribution is -2.09. The Kier molecular flexibility index (Phi) is 7.75. The Morgan fingerprint density at radius 1 is 0.339 bits per heavy atom. The quantitative estimate of drug-likeness (QED) is 0.153. The molecule has 2 aromatic heterocycles. The number of rotatable bonds is 6. The van der Waals surface area contributed by atoms with Crippen molar-refractivity contribution < 1.29 is 0 Å². The molecule has 0 amide bonds. The molecule has 0 bridgehead atoms. The third-order valence-corrected chi connectivity index (χ3v) is 13.1. The van der Waals surface area contributed by atoms with Crippen LogP contribution in [-0.4, -0.2) is 4.57 Å². The first-order valence-corrected chi connectivity index (χ1v) is 21.0. The van der Waals surface area contributed by atoms with E-state index in [2.05, 4.69) is 228 Å². The summed E-state index contributed by atoms with van der Waals surface area (Å²) in [5.41, 5.74) is 11.8. The molecule has 59 heavy (non-hydrogen) atoms. The van der Waals surface area contributed by atoms with Gasteiger partial charge in [-0.15, -0.1) is 11.3 Å². The number of nitrogens with zero attached hydrogens (tertiary/aromatic N) is 2. The van der Waals surface area contributed by atoms with Crippen LogP contribution in [-0.2, 0) is 0 Å². The molecule has 12 aromatic rings. The minimum absolute atomic E-state index is 1.10. The molecule has 2 nitrogen and oxygen atoms in total. The van der Waals surface area contributed by atoms with Gasteiger partial charge >= 0.3 is 0 Å². The lowest BCUT2D eigenvalue weighted by Gasteiger charge is -2.26. The first-order valence-electron chi connectivity index (χ1n) is 20.2. The fourth-order valence-electron chi connectivity index (χ4n) is 9.27. The molecule has 0 unspecified atom stereocenters. The summed E-state index contributed by atoms with van der Waals surface area (Å²) in [5, 5.41) is 10.2. The number of thiophene rings is 1. The summed E-state index contributed by atoms with van der Waals surface area (Å²) in [4.78, 5) is 2.40. The summed E-state index contributed by atoms with van der Waals surface area (Å²) in [6, 6.07) is 80.0. The van der Waals surface area contributed by atoms with Crippen molar-refractivity contribution in [2.75, 3.05) is 4.90 Å². The van der Waals surface area contributed by atoms with Gasteiger partial charge in [-0.3, -0.25) is 0 Å². The summed E-state index contributed by atoms with van der Waals surface area (Å²) < 4.78 is 5.02. The Bertz CT molecular complexity index is 3540. The summed E-state index contributed by atoms with van der Waals surface area (Å²) in [6.07, 6.45) is 0. The zero-order valence-corrected chi connectivity index (χ0v) is 32.9. The van der Waals surface area contributed by atoms with Crippen LogP contribution in [0.5, 0.6) is 0 Å². The summed E-state index contributed by atoms with van der Waals surface area (Å²) >= 11 is 1.86. The third-order valence-electron chi connectivity index (χ3n) is 12.0. The topological polar surface area (TPSA) is 8.17 Å². The normalized spacial score (nSPS) is 11.7. The van der Waals surface area contributed by atoms with Gasteiger partial charge in [0.25, 0.3) is 0 Å². The largest absolute Gasteiger partial charge is 0.310 e. The van der Waals surface area contributed by atoms with E-state index in [0.29, 0.717) is 0 Å². The molecule has 3 heteroatoms. The average Bonchev–Trinajstić information content (AvgIpc) is 3.85. The molecule has 0 aliphatic rings. The molecule has 12 rings (SSSR count). The minimum atomic E-state index is 1.10. The maximum Gasteiger partial charge on any atom is 0.0619 e. The van der Waals surface area contributed by atoms with Crippen LogP contribution in [0.2, 0.25) is 0 Å². The summed E-state index contributed by atoms with van der Waals surface area (Å²) in [5.74, 6) is 0. The molecule has 0 N–H and O–H groups in total. The van der Waals surface area contributed by atoms with Gasteiger partial charge in [0.1, 0.15) is 0 Å². The number of para-hydroxylation sites is 3. The highest BCUT2D eigenvalue weighted by atomic mass is 32.1. The second-order valence-corrected chi connectivity index (χ2v) is 16.4. The van der Waals surface area contributed by atoms with E-state index in [-0.39, 0.29) is 0 Å². The molecule has 2 heterocycles. The predicted molar refractivity (Wildman–Crippen MR) is 254 cm³/mol. The van der Waals surface area contributed by atoms with Crippen LogP contribution in [0.3, 0.4) is 0 Å². The van der Waals surface area contributed by atoms with Crippen LogP contribution >= 0.6 is 11.3 Å². The molecule has 0 aliphatic carbocycles. The SMILES string of the molecule is c1ccc(-n2c3ccccc3c3cccc(-c4ccc(N(c5ccc(-c6cc7ccccc7c7ccccc67)cc5)c5ccc6sc7ccccc7c6c5)cc4)c32)cc1.